The number of piperidine rings is 1. The molecule has 164 valence electrons. The van der Waals surface area contributed by atoms with Gasteiger partial charge in [-0.25, -0.2) is 36.0 Å². The molecule has 1 saturated heterocycles. The number of nitrogens with one attached hydrogen (secondary N) is 1. The summed E-state index contributed by atoms with van der Waals surface area (Å²) in [5.41, 5.74) is -0.249. The van der Waals surface area contributed by atoms with E-state index in [1.807, 2.05) is 0 Å². The zero-order valence-electron chi connectivity index (χ0n) is 16.7. The maximum Gasteiger partial charge on any atom is 0.348 e. The number of H-pyrrole nitrogens is 1. The first kappa shape index (κ1) is 21.4. The largest absolute Gasteiger partial charge is 0.348 e. The zero-order valence-corrected chi connectivity index (χ0v) is 17.5. The molecule has 1 aliphatic rings. The number of para-hydroxylation sites is 1. The number of rotatable bonds is 6. The van der Waals surface area contributed by atoms with Crippen LogP contribution in [0.4, 0.5) is 8.78 Å². The summed E-state index contributed by atoms with van der Waals surface area (Å²) in [5.74, 6) is -0.952. The van der Waals surface area contributed by atoms with Crippen LogP contribution in [-0.4, -0.2) is 40.6 Å². The van der Waals surface area contributed by atoms with Gasteiger partial charge in [0, 0.05) is 25.1 Å². The minimum atomic E-state index is -3.64. The summed E-state index contributed by atoms with van der Waals surface area (Å²) >= 11 is 0. The second-order valence-corrected chi connectivity index (χ2v) is 9.59. The molecule has 0 bridgehead atoms. The molecule has 0 radical (unpaired) electrons. The standard InChI is InChI=1S/C21H22F2N4O3S/c22-17-6-2-1-5-16(17)14-31(29,30)26-11-9-15(10-12-26)13-20-24-25-21(28)27(20)19-8-4-3-7-18(19)23/h1-8,15H,9-14H2,(H,25,28). The third-order valence-corrected chi connectivity index (χ3v) is 7.40. The summed E-state index contributed by atoms with van der Waals surface area (Å²) in [6.45, 7) is 0.603. The highest BCUT2D eigenvalue weighted by molar-refractivity contribution is 7.88. The molecule has 0 aliphatic carbocycles. The highest BCUT2D eigenvalue weighted by Gasteiger charge is 2.30. The topological polar surface area (TPSA) is 88.1 Å². The molecule has 3 aromatic rings. The average Bonchev–Trinajstić information content (AvgIpc) is 3.10. The second-order valence-electron chi connectivity index (χ2n) is 7.63. The van der Waals surface area contributed by atoms with Crippen molar-refractivity contribution in [2.24, 2.45) is 5.92 Å². The van der Waals surface area contributed by atoms with E-state index in [1.54, 1.807) is 18.2 Å². The van der Waals surface area contributed by atoms with Crippen molar-refractivity contribution in [3.63, 3.8) is 0 Å². The Hall–Kier alpha value is -2.85. The van der Waals surface area contributed by atoms with Crippen LogP contribution >= 0.6 is 0 Å². The zero-order chi connectivity index (χ0) is 22.0. The van der Waals surface area contributed by atoms with Gasteiger partial charge in [-0.2, -0.15) is 5.10 Å². The van der Waals surface area contributed by atoms with Crippen molar-refractivity contribution in [3.8, 4) is 5.69 Å². The fourth-order valence-corrected chi connectivity index (χ4v) is 5.48. The lowest BCUT2D eigenvalue weighted by atomic mass is 9.94. The fourth-order valence-electron chi connectivity index (χ4n) is 3.90. The number of hydrogen-bond donors (Lipinski definition) is 1. The second kappa shape index (κ2) is 8.72. The number of aromatic nitrogens is 3. The van der Waals surface area contributed by atoms with Gasteiger partial charge in [0.15, 0.2) is 0 Å². The summed E-state index contributed by atoms with van der Waals surface area (Å²) < 4.78 is 56.0. The van der Waals surface area contributed by atoms with E-state index in [0.717, 1.165) is 0 Å². The molecule has 2 heterocycles. The Bertz CT molecular complexity index is 1230. The molecule has 7 nitrogen and oxygen atoms in total. The molecule has 0 spiro atoms. The Kier molecular flexibility index (Phi) is 6.01. The molecule has 1 N–H and O–H groups in total. The molecular weight excluding hydrogens is 426 g/mol. The average molecular weight is 448 g/mol. The molecule has 2 aromatic carbocycles. The first-order valence-corrected chi connectivity index (χ1v) is 11.6. The van der Waals surface area contributed by atoms with Gasteiger partial charge < -0.3 is 0 Å². The highest BCUT2D eigenvalue weighted by atomic mass is 32.2. The predicted molar refractivity (Wildman–Crippen MR) is 111 cm³/mol. The summed E-state index contributed by atoms with van der Waals surface area (Å²) in [4.78, 5) is 12.2. The summed E-state index contributed by atoms with van der Waals surface area (Å²) in [6.07, 6.45) is 1.54. The number of benzene rings is 2. The van der Waals surface area contributed by atoms with Crippen molar-refractivity contribution in [2.75, 3.05) is 13.1 Å². The maximum absolute atomic E-state index is 14.2. The van der Waals surface area contributed by atoms with Crippen molar-refractivity contribution >= 4 is 10.0 Å². The van der Waals surface area contributed by atoms with Crippen LogP contribution in [0.5, 0.6) is 0 Å². The quantitative estimate of drug-likeness (QED) is 0.628. The van der Waals surface area contributed by atoms with Gasteiger partial charge in [0.25, 0.3) is 0 Å². The monoisotopic (exact) mass is 448 g/mol. The Balaban J connectivity index is 1.43. The number of aromatic amines is 1. The van der Waals surface area contributed by atoms with Gasteiger partial charge in [-0.1, -0.05) is 30.3 Å². The van der Waals surface area contributed by atoms with Gasteiger partial charge in [-0.3, -0.25) is 0 Å². The van der Waals surface area contributed by atoms with Gasteiger partial charge in [-0.15, -0.1) is 0 Å². The maximum atomic E-state index is 14.2. The van der Waals surface area contributed by atoms with Crippen LogP contribution in [0.1, 0.15) is 24.2 Å². The third-order valence-electron chi connectivity index (χ3n) is 5.57. The highest BCUT2D eigenvalue weighted by Crippen LogP contribution is 2.25. The number of nitrogens with zero attached hydrogens (tertiary/aromatic N) is 3. The molecule has 1 aromatic heterocycles. The van der Waals surface area contributed by atoms with Gasteiger partial charge in [-0.05, 0) is 37.0 Å². The van der Waals surface area contributed by atoms with Crippen molar-refractivity contribution < 1.29 is 17.2 Å². The molecule has 31 heavy (non-hydrogen) atoms. The normalized spacial score (nSPS) is 15.9. The van der Waals surface area contributed by atoms with E-state index >= 15 is 0 Å². The molecule has 0 saturated carbocycles. The van der Waals surface area contributed by atoms with E-state index in [2.05, 4.69) is 10.2 Å². The van der Waals surface area contributed by atoms with Crippen molar-refractivity contribution in [1.82, 2.24) is 19.1 Å². The Labute approximate surface area is 178 Å². The minimum Gasteiger partial charge on any atom is -0.246 e. The fraction of sp³-hybridized carbons (Fsp3) is 0.333. The lowest BCUT2D eigenvalue weighted by Gasteiger charge is -2.31. The van der Waals surface area contributed by atoms with Crippen LogP contribution in [0.2, 0.25) is 0 Å². The van der Waals surface area contributed by atoms with E-state index in [-0.39, 0.29) is 22.9 Å². The van der Waals surface area contributed by atoms with E-state index in [0.29, 0.717) is 38.2 Å². The van der Waals surface area contributed by atoms with Gasteiger partial charge >= 0.3 is 5.69 Å². The van der Waals surface area contributed by atoms with Crippen LogP contribution in [0.15, 0.2) is 53.3 Å². The Morgan fingerprint density at radius 2 is 1.65 bits per heavy atom. The molecule has 0 amide bonds. The smallest absolute Gasteiger partial charge is 0.246 e. The SMILES string of the molecule is O=c1[nH]nc(CC2CCN(S(=O)(=O)Cc3ccccc3F)CC2)n1-c1ccccc1F. The third kappa shape index (κ3) is 4.59. The molecule has 0 atom stereocenters. The van der Waals surface area contributed by atoms with Gasteiger partial charge in [0.1, 0.15) is 17.5 Å². The van der Waals surface area contributed by atoms with Crippen LogP contribution in [-0.2, 0) is 22.2 Å². The van der Waals surface area contributed by atoms with Crippen molar-refractivity contribution in [2.45, 2.75) is 25.0 Å². The molecule has 4 rings (SSSR count). The lowest BCUT2D eigenvalue weighted by molar-refractivity contribution is 0.269. The van der Waals surface area contributed by atoms with Crippen LogP contribution < -0.4 is 5.69 Å². The molecule has 10 heteroatoms. The Morgan fingerprint density at radius 1 is 1.00 bits per heavy atom. The molecule has 0 unspecified atom stereocenters. The summed E-state index contributed by atoms with van der Waals surface area (Å²) in [6, 6.07) is 11.8. The first-order chi connectivity index (χ1) is 14.8. The van der Waals surface area contributed by atoms with Crippen molar-refractivity contribution in [1.29, 1.82) is 0 Å². The van der Waals surface area contributed by atoms with Crippen LogP contribution in [0, 0.1) is 17.6 Å². The van der Waals surface area contributed by atoms with Crippen molar-refractivity contribution in [3.05, 3.63) is 82.0 Å². The van der Waals surface area contributed by atoms with Gasteiger partial charge in [0.2, 0.25) is 10.0 Å². The van der Waals surface area contributed by atoms with Crippen LogP contribution in [0.25, 0.3) is 5.69 Å². The lowest BCUT2D eigenvalue weighted by Crippen LogP contribution is -2.39. The Morgan fingerprint density at radius 3 is 2.32 bits per heavy atom. The minimum absolute atomic E-state index is 0.0839. The molecular formula is C21H22F2N4O3S. The molecule has 1 aliphatic heterocycles. The number of halogens is 2. The summed E-state index contributed by atoms with van der Waals surface area (Å²) in [5, 5.41) is 6.41. The van der Waals surface area contributed by atoms with E-state index in [9.17, 15) is 22.0 Å². The summed E-state index contributed by atoms with van der Waals surface area (Å²) in [7, 11) is -3.64. The van der Waals surface area contributed by atoms with E-state index in [1.165, 1.54) is 39.2 Å². The van der Waals surface area contributed by atoms with E-state index in [4.69, 9.17) is 0 Å². The number of sulfonamides is 1. The molecule has 1 fully saturated rings. The van der Waals surface area contributed by atoms with E-state index < -0.39 is 27.3 Å². The number of hydrogen-bond acceptors (Lipinski definition) is 4. The predicted octanol–water partition coefficient (Wildman–Crippen LogP) is 2.62. The first-order valence-electron chi connectivity index (χ1n) is 9.97. The van der Waals surface area contributed by atoms with Gasteiger partial charge in [0.05, 0.1) is 11.4 Å². The van der Waals surface area contributed by atoms with Crippen LogP contribution in [0.3, 0.4) is 0 Å².